The fourth-order valence-electron chi connectivity index (χ4n) is 3.12. The first kappa shape index (κ1) is 25.4. The molecule has 0 aliphatic rings. The smallest absolute Gasteiger partial charge is 0.234 e. The van der Waals surface area contributed by atoms with Gasteiger partial charge in [0.25, 0.3) is 0 Å². The molecule has 4 aromatic rings. The van der Waals surface area contributed by atoms with Crippen molar-refractivity contribution in [2.24, 2.45) is 0 Å². The molecule has 0 spiro atoms. The highest BCUT2D eigenvalue weighted by Crippen LogP contribution is 2.35. The lowest BCUT2D eigenvalue weighted by Gasteiger charge is -2.07. The largest absolute Gasteiger partial charge is 0.494 e. The lowest BCUT2D eigenvalue weighted by atomic mass is 10.2. The third-order valence-electron chi connectivity index (χ3n) is 4.82. The van der Waals surface area contributed by atoms with Crippen LogP contribution in [0.15, 0.2) is 92.2 Å². The highest BCUT2D eigenvalue weighted by Gasteiger charge is 2.29. The van der Waals surface area contributed by atoms with Crippen molar-refractivity contribution in [3.05, 3.63) is 84.4 Å². The van der Waals surface area contributed by atoms with Crippen LogP contribution in [0.25, 0.3) is 11.5 Å². The second kappa shape index (κ2) is 10.9. The number of thioether (sulfide) groups is 1. The Labute approximate surface area is 210 Å². The van der Waals surface area contributed by atoms with Gasteiger partial charge in [-0.05, 0) is 79.7 Å². The van der Waals surface area contributed by atoms with Gasteiger partial charge in [-0.2, -0.15) is 4.98 Å². The van der Waals surface area contributed by atoms with Gasteiger partial charge in [0.1, 0.15) is 17.4 Å². The van der Waals surface area contributed by atoms with Crippen molar-refractivity contribution in [3.63, 3.8) is 0 Å². The number of carbonyl (C=O) groups excluding carboxylic acids is 1. The average molecular weight is 531 g/mol. The molecule has 3 aromatic carbocycles. The molecule has 1 amide bonds. The molecule has 0 saturated heterocycles. The number of nitrogens with one attached hydrogen (secondary N) is 1. The molecular formula is C25H20F2N2O5S2. The molecule has 1 heterocycles. The lowest BCUT2D eigenvalue weighted by molar-refractivity contribution is -0.113. The first-order chi connectivity index (χ1) is 17.3. The summed E-state index contributed by atoms with van der Waals surface area (Å²) in [5, 5.41) is 2.16. The van der Waals surface area contributed by atoms with Crippen LogP contribution in [0.2, 0.25) is 0 Å². The molecule has 0 radical (unpaired) electrons. The number of hydrogen-bond donors (Lipinski definition) is 1. The fraction of sp³-hybridized carbons (Fsp3) is 0.120. The number of amides is 1. The van der Waals surface area contributed by atoms with Crippen molar-refractivity contribution in [1.82, 2.24) is 4.98 Å². The normalized spacial score (nSPS) is 11.3. The van der Waals surface area contributed by atoms with Crippen LogP contribution in [0.3, 0.4) is 0 Å². The zero-order valence-corrected chi connectivity index (χ0v) is 20.5. The number of anilines is 1. The zero-order chi connectivity index (χ0) is 25.7. The van der Waals surface area contributed by atoms with Gasteiger partial charge in [-0.25, -0.2) is 17.2 Å². The predicted octanol–water partition coefficient (Wildman–Crippen LogP) is 5.58. The molecule has 0 aliphatic carbocycles. The molecule has 0 atom stereocenters. The van der Waals surface area contributed by atoms with E-state index in [9.17, 15) is 22.0 Å². The van der Waals surface area contributed by atoms with Crippen molar-refractivity contribution < 1.29 is 31.1 Å². The number of aromatic nitrogens is 1. The summed E-state index contributed by atoms with van der Waals surface area (Å²) in [5.41, 5.74) is 0.880. The van der Waals surface area contributed by atoms with Crippen LogP contribution in [-0.2, 0) is 14.6 Å². The zero-order valence-electron chi connectivity index (χ0n) is 18.9. The second-order valence-corrected chi connectivity index (χ2v) is 10.2. The summed E-state index contributed by atoms with van der Waals surface area (Å²) in [4.78, 5) is 16.5. The van der Waals surface area contributed by atoms with E-state index in [2.05, 4.69) is 10.3 Å². The maximum absolute atomic E-state index is 13.3. The fourth-order valence-corrected chi connectivity index (χ4v) is 5.45. The maximum atomic E-state index is 13.3. The van der Waals surface area contributed by atoms with E-state index in [4.69, 9.17) is 9.15 Å². The van der Waals surface area contributed by atoms with Gasteiger partial charge < -0.3 is 14.5 Å². The molecule has 1 N–H and O–H groups in total. The van der Waals surface area contributed by atoms with E-state index in [0.29, 0.717) is 23.6 Å². The van der Waals surface area contributed by atoms with Crippen molar-refractivity contribution in [2.45, 2.75) is 21.9 Å². The number of ether oxygens (including phenoxy) is 1. The second-order valence-electron chi connectivity index (χ2n) is 7.37. The minimum Gasteiger partial charge on any atom is -0.494 e. The molecule has 186 valence electrons. The SMILES string of the molecule is CCOc1ccc(NC(=O)CSc2oc(-c3ccc(F)cc3)nc2S(=O)(=O)c2ccc(F)cc2)cc1. The third-order valence-corrected chi connectivity index (χ3v) is 7.57. The first-order valence-corrected chi connectivity index (χ1v) is 13.2. The minimum atomic E-state index is -4.21. The topological polar surface area (TPSA) is 98.5 Å². The van der Waals surface area contributed by atoms with E-state index in [1.165, 1.54) is 24.3 Å². The molecule has 0 aliphatic heterocycles. The Kier molecular flexibility index (Phi) is 7.70. The van der Waals surface area contributed by atoms with E-state index >= 15 is 0 Å². The Morgan fingerprint density at radius 1 is 0.972 bits per heavy atom. The summed E-state index contributed by atoms with van der Waals surface area (Å²) < 4.78 is 64.3. The quantitative estimate of drug-likeness (QED) is 0.223. The van der Waals surface area contributed by atoms with Crippen molar-refractivity contribution in [3.8, 4) is 17.2 Å². The van der Waals surface area contributed by atoms with E-state index < -0.39 is 32.4 Å². The summed E-state index contributed by atoms with van der Waals surface area (Å²) in [6.45, 7) is 2.38. The number of carbonyl (C=O) groups is 1. The number of nitrogens with zero attached hydrogens (tertiary/aromatic N) is 1. The van der Waals surface area contributed by atoms with Gasteiger partial charge in [0.05, 0.1) is 17.3 Å². The Morgan fingerprint density at radius 2 is 1.58 bits per heavy atom. The van der Waals surface area contributed by atoms with Gasteiger partial charge in [-0.15, -0.1) is 0 Å². The Balaban J connectivity index is 1.59. The molecule has 36 heavy (non-hydrogen) atoms. The number of hydrogen-bond acceptors (Lipinski definition) is 7. The average Bonchev–Trinajstić information content (AvgIpc) is 3.30. The van der Waals surface area contributed by atoms with Crippen LogP contribution < -0.4 is 10.1 Å². The van der Waals surface area contributed by atoms with E-state index in [1.807, 2.05) is 6.92 Å². The van der Waals surface area contributed by atoms with Crippen molar-refractivity contribution in [1.29, 1.82) is 0 Å². The van der Waals surface area contributed by atoms with Gasteiger partial charge >= 0.3 is 0 Å². The molecule has 7 nitrogen and oxygen atoms in total. The van der Waals surface area contributed by atoms with Crippen LogP contribution in [0.4, 0.5) is 14.5 Å². The lowest BCUT2D eigenvalue weighted by Crippen LogP contribution is -2.14. The van der Waals surface area contributed by atoms with Gasteiger partial charge in [-0.3, -0.25) is 4.79 Å². The van der Waals surface area contributed by atoms with E-state index in [0.717, 1.165) is 36.0 Å². The van der Waals surface area contributed by atoms with E-state index in [1.54, 1.807) is 24.3 Å². The summed E-state index contributed by atoms with van der Waals surface area (Å²) in [5.74, 6) is -1.07. The highest BCUT2D eigenvalue weighted by atomic mass is 32.2. The molecule has 1 aromatic heterocycles. The standard InChI is InChI=1S/C25H20F2N2O5S2/c1-2-33-20-11-9-19(10-12-20)28-22(30)15-35-25-24(36(31,32)21-13-7-18(27)8-14-21)29-23(34-25)16-3-5-17(26)6-4-16/h3-14H,2,15H2,1H3,(H,28,30). The molecule has 0 saturated carbocycles. The summed E-state index contributed by atoms with van der Waals surface area (Å²) in [6.07, 6.45) is 0. The summed E-state index contributed by atoms with van der Waals surface area (Å²) >= 11 is 0.836. The Hall–Kier alpha value is -3.70. The minimum absolute atomic E-state index is 0.0647. The maximum Gasteiger partial charge on any atom is 0.234 e. The van der Waals surface area contributed by atoms with E-state index in [-0.39, 0.29) is 21.6 Å². The number of rotatable bonds is 9. The number of oxazole rings is 1. The summed E-state index contributed by atoms with van der Waals surface area (Å²) in [7, 11) is -4.21. The van der Waals surface area contributed by atoms with Crippen LogP contribution in [-0.4, -0.2) is 31.7 Å². The first-order valence-electron chi connectivity index (χ1n) is 10.7. The van der Waals surface area contributed by atoms with Crippen LogP contribution in [0.5, 0.6) is 5.75 Å². The molecule has 4 rings (SSSR count). The highest BCUT2D eigenvalue weighted by molar-refractivity contribution is 8.00. The molecule has 0 bridgehead atoms. The van der Waals surface area contributed by atoms with Gasteiger partial charge in [0.2, 0.25) is 31.8 Å². The Bertz CT molecular complexity index is 1450. The van der Waals surface area contributed by atoms with Crippen molar-refractivity contribution in [2.75, 3.05) is 17.7 Å². The van der Waals surface area contributed by atoms with Crippen LogP contribution in [0.1, 0.15) is 6.92 Å². The molecular weight excluding hydrogens is 510 g/mol. The molecule has 11 heteroatoms. The van der Waals surface area contributed by atoms with Crippen LogP contribution >= 0.6 is 11.8 Å². The third kappa shape index (κ3) is 5.92. The Morgan fingerprint density at radius 3 is 2.19 bits per heavy atom. The molecule has 0 unspecified atom stereocenters. The van der Waals surface area contributed by atoms with Gasteiger partial charge in [0.15, 0.2) is 0 Å². The predicted molar refractivity (Wildman–Crippen MR) is 131 cm³/mol. The number of sulfone groups is 1. The molecule has 0 fully saturated rings. The van der Waals surface area contributed by atoms with Crippen molar-refractivity contribution >= 4 is 33.2 Å². The number of halogens is 2. The number of benzene rings is 3. The summed E-state index contributed by atoms with van der Waals surface area (Å²) in [6, 6.07) is 16.2. The monoisotopic (exact) mass is 530 g/mol. The van der Waals surface area contributed by atoms with Gasteiger partial charge in [-0.1, -0.05) is 11.8 Å². The van der Waals surface area contributed by atoms with Crippen LogP contribution in [0, 0.1) is 11.6 Å². The van der Waals surface area contributed by atoms with Gasteiger partial charge in [0, 0.05) is 11.3 Å².